The lowest BCUT2D eigenvalue weighted by Crippen LogP contribution is -2.48. The molecule has 1 aromatic rings. The predicted octanol–water partition coefficient (Wildman–Crippen LogP) is -0.304. The minimum absolute atomic E-state index is 0.0409. The first-order valence-corrected chi connectivity index (χ1v) is 9.52. The molecule has 4 atom stereocenters. The van der Waals surface area contributed by atoms with Gasteiger partial charge < -0.3 is 20.3 Å². The second-order valence-electron chi connectivity index (χ2n) is 7.50. The molecule has 8 nitrogen and oxygen atoms in total. The number of likely N-dealkylation sites (N-methyl/N-ethyl adjacent to an activating group) is 1. The van der Waals surface area contributed by atoms with Gasteiger partial charge in [-0.05, 0) is 25.8 Å². The van der Waals surface area contributed by atoms with Crippen molar-refractivity contribution in [2.45, 2.75) is 38.0 Å². The van der Waals surface area contributed by atoms with Crippen molar-refractivity contribution in [3.8, 4) is 0 Å². The van der Waals surface area contributed by atoms with Gasteiger partial charge >= 0.3 is 0 Å². The van der Waals surface area contributed by atoms with E-state index < -0.39 is 5.60 Å². The van der Waals surface area contributed by atoms with Crippen molar-refractivity contribution >= 4 is 11.8 Å². The van der Waals surface area contributed by atoms with Gasteiger partial charge in [0.15, 0.2) is 0 Å². The molecule has 0 aromatic carbocycles. The van der Waals surface area contributed by atoms with Gasteiger partial charge in [-0.15, -0.1) is 0 Å². The molecule has 2 bridgehead atoms. The number of nitrogens with zero attached hydrogens (tertiary/aromatic N) is 4. The number of aromatic nitrogens is 2. The van der Waals surface area contributed by atoms with Gasteiger partial charge in [-0.25, -0.2) is 0 Å². The third kappa shape index (κ3) is 2.63. The standard InChI is InChI=1S/C18H27N5O3/c1-2-21(10-11-23-8-3-7-20-23)16(24)14-13-4-5-18(26-13)12-22(9-6-19)17(25)15(14)18/h3,7-8,13-15H,2,4-6,9-12,19H2,1H3/t13-,14-,15+,18-/m0/s1. The summed E-state index contributed by atoms with van der Waals surface area (Å²) < 4.78 is 8.06. The lowest BCUT2D eigenvalue weighted by Gasteiger charge is -2.31. The number of carbonyl (C=O) groups is 2. The SMILES string of the molecule is CCN(CCn1cccn1)C(=O)[C@H]1[C@@H]2CC[C@@]3(CN(CCN)C(=O)[C@@H]13)O2. The van der Waals surface area contributed by atoms with Gasteiger partial charge in [-0.2, -0.15) is 5.10 Å². The summed E-state index contributed by atoms with van der Waals surface area (Å²) >= 11 is 0. The molecule has 142 valence electrons. The van der Waals surface area contributed by atoms with E-state index in [0.717, 1.165) is 12.8 Å². The van der Waals surface area contributed by atoms with Crippen LogP contribution in [-0.2, 0) is 20.9 Å². The fraction of sp³-hybridized carbons (Fsp3) is 0.722. The molecule has 1 aromatic heterocycles. The molecule has 2 amide bonds. The molecular weight excluding hydrogens is 334 g/mol. The van der Waals surface area contributed by atoms with Crippen LogP contribution in [0.1, 0.15) is 19.8 Å². The lowest BCUT2D eigenvalue weighted by molar-refractivity contribution is -0.144. The highest BCUT2D eigenvalue weighted by atomic mass is 16.5. The molecule has 0 saturated carbocycles. The van der Waals surface area contributed by atoms with Crippen LogP contribution in [0, 0.1) is 11.8 Å². The van der Waals surface area contributed by atoms with Gasteiger partial charge in [0.2, 0.25) is 11.8 Å². The largest absolute Gasteiger partial charge is 0.368 e. The quantitative estimate of drug-likeness (QED) is 0.719. The van der Waals surface area contributed by atoms with Gasteiger partial charge in [0.25, 0.3) is 0 Å². The highest BCUT2D eigenvalue weighted by Gasteiger charge is 2.68. The summed E-state index contributed by atoms with van der Waals surface area (Å²) in [6.45, 7) is 5.36. The molecule has 8 heteroatoms. The van der Waals surface area contributed by atoms with Crippen LogP contribution in [0.3, 0.4) is 0 Å². The number of nitrogens with two attached hydrogens (primary N) is 1. The van der Waals surface area contributed by atoms with Crippen LogP contribution in [0.15, 0.2) is 18.5 Å². The van der Waals surface area contributed by atoms with Gasteiger partial charge in [-0.3, -0.25) is 14.3 Å². The van der Waals surface area contributed by atoms with E-state index in [0.29, 0.717) is 39.3 Å². The zero-order valence-electron chi connectivity index (χ0n) is 15.2. The smallest absolute Gasteiger partial charge is 0.229 e. The van der Waals surface area contributed by atoms with Crippen LogP contribution in [-0.4, -0.2) is 75.8 Å². The van der Waals surface area contributed by atoms with E-state index in [-0.39, 0.29) is 29.8 Å². The average Bonchev–Trinajstić information content (AvgIpc) is 3.39. The minimum Gasteiger partial charge on any atom is -0.368 e. The van der Waals surface area contributed by atoms with E-state index in [1.165, 1.54) is 0 Å². The summed E-state index contributed by atoms with van der Waals surface area (Å²) in [5, 5.41) is 4.19. The third-order valence-corrected chi connectivity index (χ3v) is 6.14. The van der Waals surface area contributed by atoms with E-state index in [9.17, 15) is 9.59 Å². The van der Waals surface area contributed by atoms with Crippen LogP contribution in [0.5, 0.6) is 0 Å². The second kappa shape index (κ2) is 6.66. The highest BCUT2D eigenvalue weighted by Crippen LogP contribution is 2.55. The number of hydrogen-bond donors (Lipinski definition) is 1. The van der Waals surface area contributed by atoms with Crippen molar-refractivity contribution in [1.29, 1.82) is 0 Å². The molecule has 26 heavy (non-hydrogen) atoms. The van der Waals surface area contributed by atoms with E-state index in [4.69, 9.17) is 10.5 Å². The average molecular weight is 361 g/mol. The second-order valence-corrected chi connectivity index (χ2v) is 7.50. The van der Waals surface area contributed by atoms with Crippen molar-refractivity contribution in [3.05, 3.63) is 18.5 Å². The normalized spacial score (nSPS) is 32.3. The number of fused-ring (bicyclic) bond motifs is 1. The Bertz CT molecular complexity index is 678. The van der Waals surface area contributed by atoms with Crippen molar-refractivity contribution in [2.75, 3.05) is 32.7 Å². The summed E-state index contributed by atoms with van der Waals surface area (Å²) in [6, 6.07) is 1.87. The molecule has 0 unspecified atom stereocenters. The monoisotopic (exact) mass is 361 g/mol. The Morgan fingerprint density at radius 2 is 2.35 bits per heavy atom. The molecule has 1 spiro atoms. The van der Waals surface area contributed by atoms with Crippen molar-refractivity contribution in [3.63, 3.8) is 0 Å². The van der Waals surface area contributed by atoms with Gasteiger partial charge in [0.05, 0.1) is 36.6 Å². The number of likely N-dealkylation sites (tertiary alicyclic amines) is 1. The summed E-state index contributed by atoms with van der Waals surface area (Å²) in [6.07, 6.45) is 5.20. The Morgan fingerprint density at radius 3 is 3.04 bits per heavy atom. The molecule has 2 N–H and O–H groups in total. The molecule has 0 aliphatic carbocycles. The minimum atomic E-state index is -0.474. The Kier molecular flexibility index (Phi) is 4.48. The number of ether oxygens (including phenoxy) is 1. The fourth-order valence-electron chi connectivity index (χ4n) is 4.96. The summed E-state index contributed by atoms with van der Waals surface area (Å²) in [7, 11) is 0. The first-order valence-electron chi connectivity index (χ1n) is 9.52. The predicted molar refractivity (Wildman–Crippen MR) is 93.9 cm³/mol. The fourth-order valence-corrected chi connectivity index (χ4v) is 4.96. The molecule has 4 heterocycles. The Labute approximate surface area is 153 Å². The molecule has 3 fully saturated rings. The summed E-state index contributed by atoms with van der Waals surface area (Å²) in [5.41, 5.74) is 5.17. The van der Waals surface area contributed by atoms with Crippen LogP contribution in [0.25, 0.3) is 0 Å². The van der Waals surface area contributed by atoms with Gasteiger partial charge in [-0.1, -0.05) is 0 Å². The maximum absolute atomic E-state index is 13.3. The van der Waals surface area contributed by atoms with Crippen molar-refractivity contribution in [2.24, 2.45) is 17.6 Å². The first kappa shape index (κ1) is 17.5. The Balaban J connectivity index is 1.50. The summed E-state index contributed by atoms with van der Waals surface area (Å²) in [4.78, 5) is 29.9. The molecule has 3 aliphatic heterocycles. The first-order chi connectivity index (χ1) is 12.6. The number of carbonyl (C=O) groups excluding carboxylic acids is 2. The number of rotatable bonds is 7. The van der Waals surface area contributed by atoms with E-state index in [1.54, 1.807) is 11.1 Å². The Morgan fingerprint density at radius 1 is 1.50 bits per heavy atom. The summed E-state index contributed by atoms with van der Waals surface area (Å²) in [5.74, 6) is -0.631. The lowest BCUT2D eigenvalue weighted by atomic mass is 9.72. The topological polar surface area (TPSA) is 93.7 Å². The molecule has 3 aliphatic rings. The van der Waals surface area contributed by atoms with Gasteiger partial charge in [0, 0.05) is 38.6 Å². The van der Waals surface area contributed by atoms with Crippen LogP contribution in [0.4, 0.5) is 0 Å². The van der Waals surface area contributed by atoms with E-state index >= 15 is 0 Å². The number of amides is 2. The van der Waals surface area contributed by atoms with Crippen LogP contribution in [0.2, 0.25) is 0 Å². The zero-order valence-corrected chi connectivity index (χ0v) is 15.2. The Hall–Kier alpha value is -1.93. The van der Waals surface area contributed by atoms with Crippen LogP contribution >= 0.6 is 0 Å². The maximum atomic E-state index is 13.3. The molecule has 3 saturated heterocycles. The number of hydrogen-bond acceptors (Lipinski definition) is 5. The van der Waals surface area contributed by atoms with Crippen LogP contribution < -0.4 is 5.73 Å². The van der Waals surface area contributed by atoms with Crippen molar-refractivity contribution < 1.29 is 14.3 Å². The van der Waals surface area contributed by atoms with E-state index in [1.807, 2.05) is 28.8 Å². The van der Waals surface area contributed by atoms with Crippen molar-refractivity contribution in [1.82, 2.24) is 19.6 Å². The highest BCUT2D eigenvalue weighted by molar-refractivity contribution is 5.92. The van der Waals surface area contributed by atoms with E-state index in [2.05, 4.69) is 5.10 Å². The maximum Gasteiger partial charge on any atom is 0.229 e. The third-order valence-electron chi connectivity index (χ3n) is 6.14. The van der Waals surface area contributed by atoms with Gasteiger partial charge in [0.1, 0.15) is 0 Å². The molecule has 4 rings (SSSR count). The molecular formula is C18H27N5O3. The molecule has 0 radical (unpaired) electrons. The zero-order chi connectivity index (χ0) is 18.3.